The van der Waals surface area contributed by atoms with E-state index >= 15 is 0 Å². The first-order valence-corrected chi connectivity index (χ1v) is 9.67. The van der Waals surface area contributed by atoms with Crippen molar-refractivity contribution in [1.82, 2.24) is 10.2 Å². The molecule has 8 heteroatoms. The second-order valence-electron chi connectivity index (χ2n) is 6.94. The molecule has 0 radical (unpaired) electrons. The van der Waals surface area contributed by atoms with Gasteiger partial charge in [-0.25, -0.2) is 4.79 Å². The van der Waals surface area contributed by atoms with E-state index in [0.29, 0.717) is 26.0 Å². The molecule has 2 fully saturated rings. The van der Waals surface area contributed by atoms with E-state index in [2.05, 4.69) is 5.32 Å². The molecule has 1 aromatic carbocycles. The Morgan fingerprint density at radius 1 is 1.29 bits per heavy atom. The number of amides is 2. The monoisotopic (exact) mass is 390 g/mol. The first-order valence-electron chi connectivity index (χ1n) is 9.67. The van der Waals surface area contributed by atoms with Crippen molar-refractivity contribution in [3.8, 4) is 0 Å². The van der Waals surface area contributed by atoms with Crippen LogP contribution in [0.1, 0.15) is 38.2 Å². The molecule has 0 aliphatic carbocycles. The van der Waals surface area contributed by atoms with E-state index in [1.165, 1.54) is 4.90 Å². The van der Waals surface area contributed by atoms with Crippen LogP contribution in [0.5, 0.6) is 0 Å². The first-order chi connectivity index (χ1) is 13.6. The predicted octanol–water partition coefficient (Wildman–Crippen LogP) is 1.97. The molecular weight excluding hydrogens is 364 g/mol. The number of likely N-dealkylation sites (tertiary alicyclic amines) is 1. The molecule has 1 aromatic rings. The molecule has 2 amide bonds. The fourth-order valence-electron chi connectivity index (χ4n) is 3.38. The van der Waals surface area contributed by atoms with Crippen LogP contribution in [0, 0.1) is 0 Å². The van der Waals surface area contributed by atoms with Gasteiger partial charge in [0.25, 0.3) is 0 Å². The number of carbonyl (C=O) groups excluding carboxylic acids is 3. The molecule has 28 heavy (non-hydrogen) atoms. The summed E-state index contributed by atoms with van der Waals surface area (Å²) in [6, 6.07) is 8.21. The number of benzene rings is 1. The largest absolute Gasteiger partial charge is 0.445 e. The van der Waals surface area contributed by atoms with Gasteiger partial charge in [0, 0.05) is 6.54 Å². The lowest BCUT2D eigenvalue weighted by Crippen LogP contribution is -2.51. The fourth-order valence-corrected chi connectivity index (χ4v) is 3.38. The van der Waals surface area contributed by atoms with Crippen molar-refractivity contribution >= 4 is 18.0 Å². The van der Waals surface area contributed by atoms with Crippen LogP contribution in [0.15, 0.2) is 30.3 Å². The zero-order valence-corrected chi connectivity index (χ0v) is 16.0. The Morgan fingerprint density at radius 2 is 2.07 bits per heavy atom. The highest BCUT2D eigenvalue weighted by molar-refractivity contribution is 5.87. The van der Waals surface area contributed by atoms with Gasteiger partial charge in [0.15, 0.2) is 0 Å². The van der Waals surface area contributed by atoms with Gasteiger partial charge in [-0.2, -0.15) is 0 Å². The van der Waals surface area contributed by atoms with Crippen LogP contribution in [-0.2, 0) is 30.4 Å². The van der Waals surface area contributed by atoms with E-state index < -0.39 is 30.4 Å². The summed E-state index contributed by atoms with van der Waals surface area (Å²) >= 11 is 0. The van der Waals surface area contributed by atoms with Gasteiger partial charge in [-0.1, -0.05) is 37.3 Å². The third-order valence-corrected chi connectivity index (χ3v) is 4.77. The van der Waals surface area contributed by atoms with Crippen LogP contribution in [0.3, 0.4) is 0 Å². The number of nitrogens with one attached hydrogen (secondary N) is 1. The van der Waals surface area contributed by atoms with Crippen LogP contribution in [0.2, 0.25) is 0 Å². The maximum Gasteiger partial charge on any atom is 0.410 e. The lowest BCUT2D eigenvalue weighted by Gasteiger charge is -2.26. The summed E-state index contributed by atoms with van der Waals surface area (Å²) in [4.78, 5) is 38.2. The SMILES string of the molecule is CCCO[C@H]1OC(=O)C[C@@H]1NC(=O)C1CCCN1C(=O)OCc1ccccc1. The number of carbonyl (C=O) groups is 3. The number of hydrogen-bond acceptors (Lipinski definition) is 6. The highest BCUT2D eigenvalue weighted by Gasteiger charge is 2.41. The third kappa shape index (κ3) is 5.01. The Kier molecular flexibility index (Phi) is 6.86. The molecule has 2 aliphatic rings. The first kappa shape index (κ1) is 20.1. The quantitative estimate of drug-likeness (QED) is 0.716. The molecule has 3 atom stereocenters. The summed E-state index contributed by atoms with van der Waals surface area (Å²) in [6.07, 6.45) is 0.808. The fraction of sp³-hybridized carbons (Fsp3) is 0.550. The molecule has 3 rings (SSSR count). The highest BCUT2D eigenvalue weighted by atomic mass is 16.7. The number of cyclic esters (lactones) is 1. The standard InChI is InChI=1S/C20H26N2O6/c1-2-11-26-19-15(12-17(23)28-19)21-18(24)16-9-6-10-22(16)20(25)27-13-14-7-4-3-5-8-14/h3-5,7-8,15-16,19H,2,6,9-13H2,1H3,(H,21,24)/t15-,16?,19-/m0/s1. The van der Waals surface area contributed by atoms with E-state index in [9.17, 15) is 14.4 Å². The average molecular weight is 390 g/mol. The Balaban J connectivity index is 1.54. The van der Waals surface area contributed by atoms with Crippen LogP contribution >= 0.6 is 0 Å². The molecule has 1 N–H and O–H groups in total. The maximum absolute atomic E-state index is 12.7. The Labute approximate surface area is 164 Å². The van der Waals surface area contributed by atoms with Gasteiger partial charge in [0.2, 0.25) is 12.2 Å². The number of nitrogens with zero attached hydrogens (tertiary/aromatic N) is 1. The van der Waals surface area contributed by atoms with E-state index in [1.807, 2.05) is 37.3 Å². The molecule has 2 saturated heterocycles. The lowest BCUT2D eigenvalue weighted by atomic mass is 10.1. The van der Waals surface area contributed by atoms with Gasteiger partial charge < -0.3 is 19.5 Å². The Morgan fingerprint density at radius 3 is 2.82 bits per heavy atom. The van der Waals surface area contributed by atoms with Crippen LogP contribution < -0.4 is 5.32 Å². The smallest absolute Gasteiger partial charge is 0.410 e. The minimum atomic E-state index is -0.781. The second-order valence-corrected chi connectivity index (χ2v) is 6.94. The normalized spacial score (nSPS) is 24.1. The zero-order chi connectivity index (χ0) is 19.9. The summed E-state index contributed by atoms with van der Waals surface area (Å²) < 4.78 is 16.0. The molecular formula is C20H26N2O6. The zero-order valence-electron chi connectivity index (χ0n) is 16.0. The molecule has 152 valence electrons. The summed E-state index contributed by atoms with van der Waals surface area (Å²) in [7, 11) is 0. The summed E-state index contributed by atoms with van der Waals surface area (Å²) in [5, 5.41) is 2.81. The van der Waals surface area contributed by atoms with Gasteiger partial charge in [0.05, 0.1) is 13.0 Å². The number of rotatable bonds is 7. The molecule has 0 bridgehead atoms. The van der Waals surface area contributed by atoms with Crippen LogP contribution in [0.25, 0.3) is 0 Å². The summed E-state index contributed by atoms with van der Waals surface area (Å²) in [6.45, 7) is 3.00. The van der Waals surface area contributed by atoms with Gasteiger partial charge in [-0.05, 0) is 24.8 Å². The van der Waals surface area contributed by atoms with E-state index in [1.54, 1.807) is 0 Å². The molecule has 0 aromatic heterocycles. The summed E-state index contributed by atoms with van der Waals surface area (Å²) in [5.74, 6) is -0.723. The van der Waals surface area contributed by atoms with Crippen molar-refractivity contribution in [1.29, 1.82) is 0 Å². The number of ether oxygens (including phenoxy) is 3. The molecule has 8 nitrogen and oxygen atoms in total. The van der Waals surface area contributed by atoms with Crippen molar-refractivity contribution in [2.75, 3.05) is 13.2 Å². The Hall–Kier alpha value is -2.61. The van der Waals surface area contributed by atoms with E-state index in [0.717, 1.165) is 12.0 Å². The van der Waals surface area contributed by atoms with Gasteiger partial charge >= 0.3 is 12.1 Å². The molecule has 2 heterocycles. The minimum absolute atomic E-state index is 0.0608. The number of hydrogen-bond donors (Lipinski definition) is 1. The van der Waals surface area contributed by atoms with Gasteiger partial charge in [-0.3, -0.25) is 14.5 Å². The van der Waals surface area contributed by atoms with Crippen molar-refractivity contribution in [3.05, 3.63) is 35.9 Å². The predicted molar refractivity (Wildman–Crippen MR) is 99.0 cm³/mol. The van der Waals surface area contributed by atoms with Crippen molar-refractivity contribution in [2.24, 2.45) is 0 Å². The van der Waals surface area contributed by atoms with Crippen molar-refractivity contribution < 1.29 is 28.6 Å². The second kappa shape index (κ2) is 9.54. The van der Waals surface area contributed by atoms with Crippen molar-refractivity contribution in [2.45, 2.75) is 57.6 Å². The highest BCUT2D eigenvalue weighted by Crippen LogP contribution is 2.22. The molecule has 2 aliphatic heterocycles. The third-order valence-electron chi connectivity index (χ3n) is 4.77. The number of esters is 1. The average Bonchev–Trinajstić information content (AvgIpc) is 3.32. The van der Waals surface area contributed by atoms with Crippen molar-refractivity contribution in [3.63, 3.8) is 0 Å². The summed E-state index contributed by atoms with van der Waals surface area (Å²) in [5.41, 5.74) is 0.883. The van der Waals surface area contributed by atoms with Gasteiger partial charge in [-0.15, -0.1) is 0 Å². The molecule has 1 unspecified atom stereocenters. The molecule has 0 saturated carbocycles. The Bertz CT molecular complexity index is 695. The van der Waals surface area contributed by atoms with E-state index in [-0.39, 0.29) is 18.9 Å². The molecule has 0 spiro atoms. The minimum Gasteiger partial charge on any atom is -0.445 e. The van der Waals surface area contributed by atoms with E-state index in [4.69, 9.17) is 14.2 Å². The van der Waals surface area contributed by atoms with Crippen LogP contribution in [-0.4, -0.2) is 54.4 Å². The maximum atomic E-state index is 12.7. The van der Waals surface area contributed by atoms with Crippen LogP contribution in [0.4, 0.5) is 4.79 Å². The lowest BCUT2D eigenvalue weighted by molar-refractivity contribution is -0.165. The van der Waals surface area contributed by atoms with Gasteiger partial charge in [0.1, 0.15) is 18.7 Å². The topological polar surface area (TPSA) is 94.2 Å².